The summed E-state index contributed by atoms with van der Waals surface area (Å²) in [6, 6.07) is 4.84. The number of imide groups is 1. The number of carbonyl (C=O) groups is 3. The van der Waals surface area contributed by atoms with Crippen molar-refractivity contribution >= 4 is 23.6 Å². The monoisotopic (exact) mass is 280 g/mol. The van der Waals surface area contributed by atoms with Gasteiger partial charge < -0.3 is 15.2 Å². The third-order valence-corrected chi connectivity index (χ3v) is 2.35. The number of rotatable bonds is 5. The predicted molar refractivity (Wildman–Crippen MR) is 71.5 cm³/mol. The minimum absolute atomic E-state index is 0.494. The molecule has 0 radical (unpaired) electrons. The molecule has 1 aromatic carbocycles. The van der Waals surface area contributed by atoms with Gasteiger partial charge in [0.1, 0.15) is 13.2 Å². The van der Waals surface area contributed by atoms with E-state index in [4.69, 9.17) is 5.11 Å². The van der Waals surface area contributed by atoms with Crippen LogP contribution in [0.4, 0.5) is 10.5 Å². The van der Waals surface area contributed by atoms with Crippen LogP contribution in [0.25, 0.3) is 0 Å². The summed E-state index contributed by atoms with van der Waals surface area (Å²) in [5.41, 5.74) is 2.43. The molecule has 0 saturated carbocycles. The van der Waals surface area contributed by atoms with Gasteiger partial charge in [-0.05, 0) is 31.0 Å². The van der Waals surface area contributed by atoms with Gasteiger partial charge in [0, 0.05) is 5.69 Å². The van der Waals surface area contributed by atoms with Gasteiger partial charge in [0.25, 0.3) is 5.91 Å². The highest BCUT2D eigenvalue weighted by atomic mass is 16.5. The molecule has 0 fully saturated rings. The zero-order chi connectivity index (χ0) is 15.1. The molecule has 0 atom stereocenters. The number of aliphatic carboxylic acids is 1. The van der Waals surface area contributed by atoms with Crippen LogP contribution in [0.2, 0.25) is 0 Å². The maximum atomic E-state index is 11.6. The third kappa shape index (κ3) is 5.49. The molecule has 7 nitrogen and oxygen atoms in total. The molecule has 0 aromatic heterocycles. The van der Waals surface area contributed by atoms with Crippen LogP contribution in [-0.4, -0.2) is 36.2 Å². The number of carbonyl (C=O) groups excluding carboxylic acids is 2. The fraction of sp³-hybridized carbons (Fsp3) is 0.308. The summed E-state index contributed by atoms with van der Waals surface area (Å²) in [6.45, 7) is 2.62. The molecule has 0 spiro atoms. The lowest BCUT2D eigenvalue weighted by molar-refractivity contribution is -0.143. The first kappa shape index (κ1) is 15.6. The number of hydrogen-bond donors (Lipinski definition) is 3. The van der Waals surface area contributed by atoms with Gasteiger partial charge in [0.2, 0.25) is 0 Å². The molecule has 0 bridgehead atoms. The van der Waals surface area contributed by atoms with Crippen molar-refractivity contribution in [1.82, 2.24) is 5.32 Å². The standard InChI is InChI=1S/C13H16N2O5/c1-8-3-4-9(2)10(5-8)14-13(19)15-11(16)6-20-7-12(17)18/h3-5H,6-7H2,1-2H3,(H,17,18)(H2,14,15,16,19). The molecule has 7 heteroatoms. The quantitative estimate of drug-likeness (QED) is 0.747. The average Bonchev–Trinajstić information content (AvgIpc) is 2.33. The highest BCUT2D eigenvalue weighted by Gasteiger charge is 2.10. The van der Waals surface area contributed by atoms with Gasteiger partial charge in [0.05, 0.1) is 0 Å². The van der Waals surface area contributed by atoms with Crippen LogP contribution in [0.3, 0.4) is 0 Å². The Labute approximate surface area is 115 Å². The summed E-state index contributed by atoms with van der Waals surface area (Å²) in [7, 11) is 0. The SMILES string of the molecule is Cc1ccc(C)c(NC(=O)NC(=O)COCC(=O)O)c1. The molecule has 1 aromatic rings. The van der Waals surface area contributed by atoms with E-state index in [1.807, 2.05) is 31.3 Å². The van der Waals surface area contributed by atoms with Gasteiger partial charge >= 0.3 is 12.0 Å². The van der Waals surface area contributed by atoms with Crippen LogP contribution in [0.15, 0.2) is 18.2 Å². The first-order valence-electron chi connectivity index (χ1n) is 5.86. The highest BCUT2D eigenvalue weighted by molar-refractivity contribution is 6.01. The van der Waals surface area contributed by atoms with E-state index in [9.17, 15) is 14.4 Å². The second-order valence-corrected chi connectivity index (χ2v) is 4.21. The Bertz CT molecular complexity index is 527. The van der Waals surface area contributed by atoms with Gasteiger partial charge in [-0.3, -0.25) is 10.1 Å². The van der Waals surface area contributed by atoms with Gasteiger partial charge in [-0.15, -0.1) is 0 Å². The number of ether oxygens (including phenoxy) is 1. The van der Waals surface area contributed by atoms with Crippen molar-refractivity contribution in [2.45, 2.75) is 13.8 Å². The van der Waals surface area contributed by atoms with E-state index in [0.29, 0.717) is 5.69 Å². The topological polar surface area (TPSA) is 105 Å². The molecule has 0 unspecified atom stereocenters. The number of amides is 3. The van der Waals surface area contributed by atoms with Crippen LogP contribution >= 0.6 is 0 Å². The lowest BCUT2D eigenvalue weighted by Gasteiger charge is -2.10. The molecule has 0 saturated heterocycles. The largest absolute Gasteiger partial charge is 0.480 e. The number of hydrogen-bond acceptors (Lipinski definition) is 4. The summed E-state index contributed by atoms with van der Waals surface area (Å²) >= 11 is 0. The van der Waals surface area contributed by atoms with E-state index in [-0.39, 0.29) is 0 Å². The van der Waals surface area contributed by atoms with Crippen molar-refractivity contribution in [1.29, 1.82) is 0 Å². The fourth-order valence-electron chi connectivity index (χ4n) is 1.42. The first-order valence-corrected chi connectivity index (χ1v) is 5.86. The van der Waals surface area contributed by atoms with E-state index in [1.54, 1.807) is 6.07 Å². The second kappa shape index (κ2) is 7.25. The van der Waals surface area contributed by atoms with Gasteiger partial charge in [0.15, 0.2) is 0 Å². The third-order valence-electron chi connectivity index (χ3n) is 2.35. The van der Waals surface area contributed by atoms with Crippen LogP contribution in [-0.2, 0) is 14.3 Å². The summed E-state index contributed by atoms with van der Waals surface area (Å²) in [4.78, 5) is 33.0. The minimum Gasteiger partial charge on any atom is -0.480 e. The Morgan fingerprint density at radius 1 is 1.20 bits per heavy atom. The van der Waals surface area contributed by atoms with Gasteiger partial charge in [-0.25, -0.2) is 9.59 Å². The Morgan fingerprint density at radius 3 is 2.55 bits per heavy atom. The summed E-state index contributed by atoms with van der Waals surface area (Å²) in [5, 5.41) is 12.9. The number of anilines is 1. The number of carboxylic acids is 1. The molecule has 108 valence electrons. The van der Waals surface area contributed by atoms with Crippen molar-refractivity contribution in [3.05, 3.63) is 29.3 Å². The average molecular weight is 280 g/mol. The molecule has 0 aliphatic heterocycles. The molecular weight excluding hydrogens is 264 g/mol. The summed E-state index contributed by atoms with van der Waals surface area (Å²) < 4.78 is 4.56. The molecular formula is C13H16N2O5. The number of nitrogens with one attached hydrogen (secondary N) is 2. The van der Waals surface area contributed by atoms with Crippen molar-refractivity contribution < 1.29 is 24.2 Å². The van der Waals surface area contributed by atoms with Crippen LogP contribution in [0.1, 0.15) is 11.1 Å². The van der Waals surface area contributed by atoms with E-state index in [0.717, 1.165) is 11.1 Å². The van der Waals surface area contributed by atoms with Crippen molar-refractivity contribution in [3.63, 3.8) is 0 Å². The fourth-order valence-corrected chi connectivity index (χ4v) is 1.42. The zero-order valence-corrected chi connectivity index (χ0v) is 11.2. The Balaban J connectivity index is 2.45. The molecule has 0 aliphatic carbocycles. The zero-order valence-electron chi connectivity index (χ0n) is 11.2. The van der Waals surface area contributed by atoms with Crippen molar-refractivity contribution in [2.75, 3.05) is 18.5 Å². The number of urea groups is 1. The van der Waals surface area contributed by atoms with E-state index < -0.39 is 31.1 Å². The second-order valence-electron chi connectivity index (χ2n) is 4.21. The Hall–Kier alpha value is -2.41. The maximum Gasteiger partial charge on any atom is 0.329 e. The lowest BCUT2D eigenvalue weighted by Crippen LogP contribution is -2.37. The molecule has 3 N–H and O–H groups in total. The Morgan fingerprint density at radius 2 is 1.90 bits per heavy atom. The molecule has 0 aliphatic rings. The predicted octanol–water partition coefficient (Wildman–Crippen LogP) is 1.05. The lowest BCUT2D eigenvalue weighted by atomic mass is 10.1. The summed E-state index contributed by atoms with van der Waals surface area (Å²) in [5.74, 6) is -1.90. The molecule has 1 rings (SSSR count). The van der Waals surface area contributed by atoms with E-state index in [1.165, 1.54) is 0 Å². The number of carboxylic acid groups (broad SMARTS) is 1. The highest BCUT2D eigenvalue weighted by Crippen LogP contribution is 2.15. The van der Waals surface area contributed by atoms with Crippen LogP contribution in [0, 0.1) is 13.8 Å². The smallest absolute Gasteiger partial charge is 0.329 e. The van der Waals surface area contributed by atoms with Crippen LogP contribution in [0.5, 0.6) is 0 Å². The van der Waals surface area contributed by atoms with Crippen molar-refractivity contribution in [3.8, 4) is 0 Å². The van der Waals surface area contributed by atoms with Gasteiger partial charge in [-0.1, -0.05) is 12.1 Å². The van der Waals surface area contributed by atoms with E-state index >= 15 is 0 Å². The summed E-state index contributed by atoms with van der Waals surface area (Å²) in [6.07, 6.45) is 0. The minimum atomic E-state index is -1.18. The number of aryl methyl sites for hydroxylation is 2. The number of benzene rings is 1. The Kier molecular flexibility index (Phi) is 5.67. The normalized spacial score (nSPS) is 9.90. The maximum absolute atomic E-state index is 11.6. The molecule has 3 amide bonds. The van der Waals surface area contributed by atoms with Crippen molar-refractivity contribution in [2.24, 2.45) is 0 Å². The van der Waals surface area contributed by atoms with E-state index in [2.05, 4.69) is 10.1 Å². The molecule has 20 heavy (non-hydrogen) atoms. The van der Waals surface area contributed by atoms with Crippen LogP contribution < -0.4 is 10.6 Å². The van der Waals surface area contributed by atoms with Gasteiger partial charge in [-0.2, -0.15) is 0 Å². The first-order chi connectivity index (χ1) is 9.38. The molecule has 0 heterocycles.